The molecule has 1 aromatic rings. The topological polar surface area (TPSA) is 63.3 Å². The number of rotatable bonds is 2. The molecule has 1 unspecified atom stereocenters. The average molecular weight is 263 g/mol. The number of benzene rings is 1. The molecule has 0 radical (unpaired) electrons. The summed E-state index contributed by atoms with van der Waals surface area (Å²) in [5, 5.41) is 9.01. The zero-order chi connectivity index (χ0) is 10.8. The number of carbonyl (C=O) groups is 1. The number of allylic oxidation sites excluding steroid dienone is 2. The number of hydrogen-bond acceptors (Lipinski definition) is 2. The third-order valence-electron chi connectivity index (χ3n) is 2.18. The van der Waals surface area contributed by atoms with E-state index in [0.29, 0.717) is 10.0 Å². The van der Waals surface area contributed by atoms with Crippen molar-refractivity contribution in [1.29, 1.82) is 0 Å². The van der Waals surface area contributed by atoms with E-state index in [-0.39, 0.29) is 0 Å². The van der Waals surface area contributed by atoms with Gasteiger partial charge in [-0.15, -0.1) is 0 Å². The fourth-order valence-corrected chi connectivity index (χ4v) is 3.39. The molecule has 3 N–H and O–H groups in total. The molecule has 0 saturated carbocycles. The normalized spacial score (nSPS) is 16.3. The van der Waals surface area contributed by atoms with Gasteiger partial charge in [-0.05, 0) is 0 Å². The third-order valence-corrected chi connectivity index (χ3v) is 4.50. The second-order valence-electron chi connectivity index (χ2n) is 3.19. The van der Waals surface area contributed by atoms with Crippen LogP contribution in [0.15, 0.2) is 39.6 Å². The number of carboxylic acid groups (broad SMARTS) is 1. The van der Waals surface area contributed by atoms with E-state index in [1.165, 1.54) is 0 Å². The molecule has 3 nitrogen and oxygen atoms in total. The number of hydrogen-bond donors (Lipinski definition) is 2. The second kappa shape index (κ2) is 3.95. The van der Waals surface area contributed by atoms with E-state index in [2.05, 4.69) is 0 Å². The van der Waals surface area contributed by atoms with Gasteiger partial charge in [-0.25, -0.2) is 0 Å². The summed E-state index contributed by atoms with van der Waals surface area (Å²) in [5.41, 5.74) is 8.03. The van der Waals surface area contributed by atoms with Crippen LogP contribution in [-0.2, 0) is 4.79 Å². The summed E-state index contributed by atoms with van der Waals surface area (Å²) in [7, 11) is 0. The number of aliphatic carboxylic acids is 1. The Morgan fingerprint density at radius 2 is 1.93 bits per heavy atom. The maximum atomic E-state index is 11.0. The van der Waals surface area contributed by atoms with Crippen LogP contribution in [0.4, 0.5) is 5.69 Å². The predicted octanol–water partition coefficient (Wildman–Crippen LogP) is 1.03. The zero-order valence-corrected chi connectivity index (χ0v) is 9.99. The van der Waals surface area contributed by atoms with Gasteiger partial charge >= 0.3 is 93.7 Å². The molecule has 0 aromatic heterocycles. The van der Waals surface area contributed by atoms with Crippen LogP contribution >= 0.6 is 0 Å². The molecule has 0 bridgehead atoms. The first-order valence-corrected chi connectivity index (χ1v) is 6.71. The van der Waals surface area contributed by atoms with Crippen LogP contribution in [-0.4, -0.2) is 26.8 Å². The van der Waals surface area contributed by atoms with Gasteiger partial charge < -0.3 is 0 Å². The van der Waals surface area contributed by atoms with Crippen molar-refractivity contribution in [2.24, 2.45) is 0 Å². The van der Waals surface area contributed by atoms with Crippen molar-refractivity contribution < 1.29 is 9.90 Å². The van der Waals surface area contributed by atoms with Crippen LogP contribution in [0, 0.1) is 0 Å². The van der Waals surface area contributed by atoms with E-state index in [4.69, 9.17) is 10.8 Å². The zero-order valence-electron chi connectivity index (χ0n) is 7.90. The van der Waals surface area contributed by atoms with E-state index in [1.54, 1.807) is 12.1 Å². The van der Waals surface area contributed by atoms with Crippen LogP contribution in [0.5, 0.6) is 0 Å². The van der Waals surface area contributed by atoms with Gasteiger partial charge in [0.05, 0.1) is 0 Å². The molecule has 1 aliphatic rings. The average Bonchev–Trinajstić information content (AvgIpc) is 2.67. The molecule has 0 fully saturated rings. The van der Waals surface area contributed by atoms with Crippen LogP contribution in [0.25, 0.3) is 5.57 Å². The summed E-state index contributed by atoms with van der Waals surface area (Å²) in [6, 6.07) is 7.28. The molecule has 0 saturated heterocycles. The van der Waals surface area contributed by atoms with Crippen molar-refractivity contribution in [1.82, 2.24) is 0 Å². The second-order valence-corrected chi connectivity index (χ2v) is 5.55. The first kappa shape index (κ1) is 10.1. The Morgan fingerprint density at radius 3 is 2.53 bits per heavy atom. The van der Waals surface area contributed by atoms with Crippen molar-refractivity contribution in [3.05, 3.63) is 45.1 Å². The van der Waals surface area contributed by atoms with Crippen molar-refractivity contribution in [3.63, 3.8) is 0 Å². The van der Waals surface area contributed by atoms with E-state index >= 15 is 0 Å². The maximum absolute atomic E-state index is 11.0. The molecule has 1 aliphatic heterocycles. The molecule has 15 heavy (non-hydrogen) atoms. The Bertz CT molecular complexity index is 460. The van der Waals surface area contributed by atoms with Crippen molar-refractivity contribution in [2.45, 2.75) is 0 Å². The first-order valence-electron chi connectivity index (χ1n) is 4.45. The number of anilines is 1. The van der Waals surface area contributed by atoms with Crippen LogP contribution in [0.2, 0.25) is 0 Å². The number of nitrogen functional groups attached to an aromatic ring is 1. The van der Waals surface area contributed by atoms with Gasteiger partial charge in [-0.2, -0.15) is 0 Å². The van der Waals surface area contributed by atoms with Gasteiger partial charge in [-0.1, -0.05) is 0 Å². The molecule has 2 rings (SSSR count). The molecular formula is C11H10AsNO2. The van der Waals surface area contributed by atoms with Crippen molar-refractivity contribution >= 4 is 33.0 Å². The summed E-state index contributed by atoms with van der Waals surface area (Å²) in [6.07, 6.45) is 1.90. The first-order chi connectivity index (χ1) is 7.18. The van der Waals surface area contributed by atoms with Gasteiger partial charge in [0, 0.05) is 0 Å². The van der Waals surface area contributed by atoms with Crippen molar-refractivity contribution in [2.75, 3.05) is 5.73 Å². The van der Waals surface area contributed by atoms with Gasteiger partial charge in [0.15, 0.2) is 0 Å². The Balaban J connectivity index is 2.45. The quantitative estimate of drug-likeness (QED) is 0.618. The molecule has 1 heterocycles. The van der Waals surface area contributed by atoms with Gasteiger partial charge in [0.1, 0.15) is 0 Å². The van der Waals surface area contributed by atoms with E-state index in [9.17, 15) is 4.79 Å². The van der Waals surface area contributed by atoms with Crippen LogP contribution < -0.4 is 5.73 Å². The minimum atomic E-state index is -0.799. The Morgan fingerprint density at radius 1 is 1.27 bits per heavy atom. The summed E-state index contributed by atoms with van der Waals surface area (Å²) < 4.78 is 0.569. The Labute approximate surface area is 94.0 Å². The summed E-state index contributed by atoms with van der Waals surface area (Å²) in [5.74, 6) is -0.799. The number of carboxylic acids is 1. The SMILES string of the molecule is Nc1ccc(C2=C(C(=O)O)[AsH]C=C2)cc1. The molecule has 0 spiro atoms. The predicted molar refractivity (Wildman–Crippen MR) is 61.7 cm³/mol. The van der Waals surface area contributed by atoms with E-state index in [0.717, 1.165) is 11.1 Å². The third kappa shape index (κ3) is 1.97. The van der Waals surface area contributed by atoms with Crippen LogP contribution in [0.3, 0.4) is 0 Å². The summed E-state index contributed by atoms with van der Waals surface area (Å²) in [4.78, 5) is 12.9. The minimum absolute atomic E-state index is 0.569. The van der Waals surface area contributed by atoms with E-state index < -0.39 is 21.7 Å². The van der Waals surface area contributed by atoms with E-state index in [1.807, 2.05) is 23.1 Å². The van der Waals surface area contributed by atoms with Crippen LogP contribution in [0.1, 0.15) is 5.56 Å². The molecular weight excluding hydrogens is 253 g/mol. The molecule has 0 aliphatic carbocycles. The Kier molecular flexibility index (Phi) is 2.65. The van der Waals surface area contributed by atoms with Gasteiger partial charge in [-0.3, -0.25) is 0 Å². The Hall–Kier alpha value is -1.47. The summed E-state index contributed by atoms with van der Waals surface area (Å²) in [6.45, 7) is 0. The molecule has 4 heteroatoms. The van der Waals surface area contributed by atoms with Gasteiger partial charge in [0.2, 0.25) is 0 Å². The molecule has 1 aromatic carbocycles. The standard InChI is InChI=1S/C11H10AsNO2/c13-8-3-1-7(2-4-8)9-5-6-12-10(9)11(14)15/h1-6,12H,13H2,(H,14,15). The fourth-order valence-electron chi connectivity index (χ4n) is 1.45. The summed E-state index contributed by atoms with van der Waals surface area (Å²) >= 11 is -0.601. The number of nitrogens with two attached hydrogens (primary N) is 1. The van der Waals surface area contributed by atoms with Crippen molar-refractivity contribution in [3.8, 4) is 0 Å². The molecule has 0 amide bonds. The van der Waals surface area contributed by atoms with Gasteiger partial charge in [0.25, 0.3) is 0 Å². The monoisotopic (exact) mass is 263 g/mol. The molecule has 76 valence electrons. The molecule has 1 atom stereocenters. The fraction of sp³-hybridized carbons (Fsp3) is 0.